The van der Waals surface area contributed by atoms with Crippen molar-refractivity contribution in [2.24, 2.45) is 0 Å². The molecule has 2 fully saturated rings. The number of carbonyl (C=O) groups excluding carboxylic acids is 1. The molecule has 13 nitrogen and oxygen atoms in total. The molecule has 8 rings (SSSR count). The van der Waals surface area contributed by atoms with Crippen molar-refractivity contribution < 1.29 is 19.0 Å². The molecule has 57 heavy (non-hydrogen) atoms. The van der Waals surface area contributed by atoms with Gasteiger partial charge in [0.25, 0.3) is 0 Å². The Morgan fingerprint density at radius 2 is 1.75 bits per heavy atom. The van der Waals surface area contributed by atoms with Gasteiger partial charge in [-0.3, -0.25) is 14.6 Å². The molecular weight excluding hydrogens is 719 g/mol. The third kappa shape index (κ3) is 9.05. The molecule has 13 heteroatoms. The number of ether oxygens (including phenoxy) is 3. The smallest absolute Gasteiger partial charge is 0.320 e. The van der Waals surface area contributed by atoms with Crippen molar-refractivity contribution >= 4 is 23.4 Å². The van der Waals surface area contributed by atoms with Crippen LogP contribution in [-0.4, -0.2) is 94.0 Å². The van der Waals surface area contributed by atoms with Crippen molar-refractivity contribution in [3.05, 3.63) is 89.7 Å². The molecule has 0 radical (unpaired) electrons. The minimum Gasteiger partial charge on any atom is -0.492 e. The Morgan fingerprint density at radius 1 is 0.877 bits per heavy atom. The number of rotatable bonds is 11. The van der Waals surface area contributed by atoms with Gasteiger partial charge in [0.1, 0.15) is 23.9 Å². The van der Waals surface area contributed by atoms with Crippen molar-refractivity contribution in [1.29, 1.82) is 0 Å². The number of carbonyl (C=O) groups is 1. The molecule has 3 aliphatic rings. The van der Waals surface area contributed by atoms with E-state index in [4.69, 9.17) is 19.3 Å². The van der Waals surface area contributed by atoms with Crippen LogP contribution in [0.3, 0.4) is 0 Å². The van der Waals surface area contributed by atoms with E-state index in [2.05, 4.69) is 80.9 Å². The van der Waals surface area contributed by atoms with Crippen LogP contribution < -0.4 is 25.0 Å². The largest absolute Gasteiger partial charge is 0.492 e. The molecule has 5 aromatic rings. The van der Waals surface area contributed by atoms with E-state index in [9.17, 15) is 4.79 Å². The number of aromatic nitrogens is 5. The van der Waals surface area contributed by atoms with E-state index in [1.165, 1.54) is 12.0 Å². The topological polar surface area (TPSA) is 123 Å². The highest BCUT2D eigenvalue weighted by Gasteiger charge is 2.30. The highest BCUT2D eigenvalue weighted by molar-refractivity contribution is 5.89. The van der Waals surface area contributed by atoms with Crippen LogP contribution in [0.2, 0.25) is 0 Å². The van der Waals surface area contributed by atoms with E-state index in [0.717, 1.165) is 112 Å². The molecule has 2 amide bonds. The molecule has 0 saturated carbocycles. The Hall–Kier alpha value is -5.14. The fourth-order valence-electron chi connectivity index (χ4n) is 8.30. The zero-order valence-electron chi connectivity index (χ0n) is 33.8. The molecule has 302 valence electrons. The number of nitrogens with one attached hydrogen (secondary N) is 2. The quantitative estimate of drug-likeness (QED) is 0.140. The van der Waals surface area contributed by atoms with Crippen LogP contribution in [0.25, 0.3) is 11.3 Å². The van der Waals surface area contributed by atoms with Crippen LogP contribution in [-0.2, 0) is 10.2 Å². The number of fused-ring (bicyclic) bond motifs is 2. The van der Waals surface area contributed by atoms with Gasteiger partial charge >= 0.3 is 6.03 Å². The first-order valence-corrected chi connectivity index (χ1v) is 20.7. The second kappa shape index (κ2) is 17.2. The van der Waals surface area contributed by atoms with E-state index < -0.39 is 0 Å². The molecule has 1 aliphatic carbocycles. The van der Waals surface area contributed by atoms with Gasteiger partial charge in [0, 0.05) is 62.3 Å². The molecule has 3 atom stereocenters. The average Bonchev–Trinajstić information content (AvgIpc) is 3.74. The van der Waals surface area contributed by atoms with Gasteiger partial charge in [-0.2, -0.15) is 5.10 Å². The van der Waals surface area contributed by atoms with Gasteiger partial charge in [-0.1, -0.05) is 51.1 Å². The lowest BCUT2D eigenvalue weighted by molar-refractivity contribution is 0.137. The number of anilines is 2. The van der Waals surface area contributed by atoms with Crippen molar-refractivity contribution in [2.45, 2.75) is 89.6 Å². The van der Waals surface area contributed by atoms with Crippen molar-refractivity contribution in [3.8, 4) is 17.2 Å². The second-order valence-electron chi connectivity index (χ2n) is 16.7. The summed E-state index contributed by atoms with van der Waals surface area (Å²) in [4.78, 5) is 18.5. The molecule has 3 aromatic heterocycles. The molecule has 0 bridgehead atoms. The van der Waals surface area contributed by atoms with Crippen LogP contribution in [0, 0.1) is 0 Å². The fourth-order valence-corrected chi connectivity index (χ4v) is 8.30. The summed E-state index contributed by atoms with van der Waals surface area (Å²) >= 11 is 0. The molecule has 2 aromatic carbocycles. The van der Waals surface area contributed by atoms with Gasteiger partial charge in [0.15, 0.2) is 5.65 Å². The molecular formula is C44H57N9O4. The van der Waals surface area contributed by atoms with Gasteiger partial charge in [-0.05, 0) is 80.8 Å². The normalized spacial score (nSPS) is 20.5. The van der Waals surface area contributed by atoms with Crippen LogP contribution in [0.4, 0.5) is 16.6 Å². The Kier molecular flexibility index (Phi) is 11.7. The summed E-state index contributed by atoms with van der Waals surface area (Å²) in [5.74, 6) is 3.21. The SMILES string of the molecule is C[C@H]1CCCCN1c1nnc2ccc(OCC3CC[C@H](NC(=O)Nc4cc(C(C)(C)C)nn4-c4cccc(OCCN5CCCOCC5)c4)c4ccccc43)cn12. The minimum atomic E-state index is -0.277. The van der Waals surface area contributed by atoms with Gasteiger partial charge in [-0.15, -0.1) is 10.2 Å². The molecule has 2 N–H and O–H groups in total. The first-order chi connectivity index (χ1) is 27.7. The van der Waals surface area contributed by atoms with E-state index in [-0.39, 0.29) is 23.4 Å². The number of pyridine rings is 1. The predicted octanol–water partition coefficient (Wildman–Crippen LogP) is 7.51. The van der Waals surface area contributed by atoms with Crippen molar-refractivity contribution in [3.63, 3.8) is 0 Å². The molecule has 2 saturated heterocycles. The summed E-state index contributed by atoms with van der Waals surface area (Å²) in [5.41, 5.74) is 4.59. The number of urea groups is 1. The molecule has 0 spiro atoms. The number of benzene rings is 2. The summed E-state index contributed by atoms with van der Waals surface area (Å²) in [5, 5.41) is 20.4. The van der Waals surface area contributed by atoms with Gasteiger partial charge < -0.3 is 24.4 Å². The van der Waals surface area contributed by atoms with Crippen LogP contribution in [0.5, 0.6) is 11.5 Å². The Morgan fingerprint density at radius 3 is 2.61 bits per heavy atom. The minimum absolute atomic E-state index is 0.147. The third-order valence-electron chi connectivity index (χ3n) is 11.6. The van der Waals surface area contributed by atoms with Crippen molar-refractivity contribution in [2.75, 3.05) is 62.8 Å². The van der Waals surface area contributed by atoms with Gasteiger partial charge in [0.2, 0.25) is 5.95 Å². The van der Waals surface area contributed by atoms with Gasteiger partial charge in [-0.25, -0.2) is 9.48 Å². The Bertz CT molecular complexity index is 2130. The van der Waals surface area contributed by atoms with E-state index in [1.54, 1.807) is 4.68 Å². The summed E-state index contributed by atoms with van der Waals surface area (Å²) in [6, 6.07) is 22.2. The number of amides is 2. The highest BCUT2D eigenvalue weighted by Crippen LogP contribution is 2.38. The average molecular weight is 776 g/mol. The molecule has 1 unspecified atom stereocenters. The maximum atomic E-state index is 13.8. The summed E-state index contributed by atoms with van der Waals surface area (Å²) in [6.07, 6.45) is 8.29. The zero-order valence-corrected chi connectivity index (χ0v) is 33.8. The van der Waals surface area contributed by atoms with Gasteiger partial charge in [0.05, 0.1) is 36.8 Å². The second-order valence-corrected chi connectivity index (χ2v) is 16.7. The summed E-state index contributed by atoms with van der Waals surface area (Å²) in [7, 11) is 0. The van der Waals surface area contributed by atoms with Crippen LogP contribution in [0.1, 0.15) is 95.0 Å². The number of piperidine rings is 1. The van der Waals surface area contributed by atoms with E-state index >= 15 is 0 Å². The van der Waals surface area contributed by atoms with Crippen LogP contribution >= 0.6 is 0 Å². The third-order valence-corrected chi connectivity index (χ3v) is 11.6. The lowest BCUT2D eigenvalue weighted by Crippen LogP contribution is -2.38. The highest BCUT2D eigenvalue weighted by atomic mass is 16.5. The number of hydrogen-bond acceptors (Lipinski definition) is 9. The Balaban J connectivity index is 0.928. The number of hydrogen-bond donors (Lipinski definition) is 2. The lowest BCUT2D eigenvalue weighted by atomic mass is 9.80. The molecule has 5 heterocycles. The Labute approximate surface area is 335 Å². The van der Waals surface area contributed by atoms with E-state index in [1.807, 2.05) is 54.7 Å². The number of nitrogens with zero attached hydrogens (tertiary/aromatic N) is 7. The molecule has 2 aliphatic heterocycles. The summed E-state index contributed by atoms with van der Waals surface area (Å²) in [6.45, 7) is 15.1. The van der Waals surface area contributed by atoms with Crippen LogP contribution in [0.15, 0.2) is 72.9 Å². The van der Waals surface area contributed by atoms with E-state index in [0.29, 0.717) is 25.1 Å². The zero-order chi connectivity index (χ0) is 39.4. The monoisotopic (exact) mass is 775 g/mol. The lowest BCUT2D eigenvalue weighted by Gasteiger charge is -2.33. The maximum absolute atomic E-state index is 13.8. The first kappa shape index (κ1) is 38.7. The standard InChI is InChI=1S/C44H57N9O4/c1-31-11-7-8-21-51(31)43-48-47-40-19-17-35(29-52(40)43)57-30-32-16-18-38(37-15-6-5-14-36(32)37)45-42(54)46-41-28-39(44(2,3)4)49-53(41)33-12-9-13-34(27-33)56-26-23-50-20-10-24-55-25-22-50/h5-6,9,12-15,17,19,27-29,31-32,38H,7-8,10-11,16,18,20-26,30H2,1-4H3,(H2,45,46,54)/t31-,32?,38-/m0/s1. The maximum Gasteiger partial charge on any atom is 0.320 e. The first-order valence-electron chi connectivity index (χ1n) is 20.7. The summed E-state index contributed by atoms with van der Waals surface area (Å²) < 4.78 is 22.1. The predicted molar refractivity (Wildman–Crippen MR) is 222 cm³/mol. The van der Waals surface area contributed by atoms with Crippen molar-refractivity contribution in [1.82, 2.24) is 34.6 Å². The fraction of sp³-hybridized carbons (Fsp3) is 0.500.